The number of nitrogens with zero attached hydrogens (tertiary/aromatic N) is 4. The minimum atomic E-state index is 0.729. The van der Waals surface area contributed by atoms with E-state index in [1.54, 1.807) is 0 Å². The normalized spacial score (nSPS) is 16.6. The number of aromatic nitrogens is 2. The third-order valence-electron chi connectivity index (χ3n) is 3.90. The van der Waals surface area contributed by atoms with Crippen LogP contribution in [0.25, 0.3) is 0 Å². The second-order valence-corrected chi connectivity index (χ2v) is 5.26. The Bertz CT molecular complexity index is 463. The van der Waals surface area contributed by atoms with E-state index in [1.165, 1.54) is 12.8 Å². The summed E-state index contributed by atoms with van der Waals surface area (Å²) in [6.07, 6.45) is 2.37. The van der Waals surface area contributed by atoms with E-state index >= 15 is 0 Å². The van der Waals surface area contributed by atoms with Crippen LogP contribution in [0, 0.1) is 24.2 Å². The van der Waals surface area contributed by atoms with Gasteiger partial charge in [-0.1, -0.05) is 6.92 Å². The lowest BCUT2D eigenvalue weighted by atomic mass is 9.96. The SMILES string of the molecule is CCNCC1CCN(c2c(C#N)c(C)nn2C)CC1. The van der Waals surface area contributed by atoms with Gasteiger partial charge in [0.15, 0.2) is 0 Å². The first-order valence-electron chi connectivity index (χ1n) is 7.06. The molecule has 1 aliphatic heterocycles. The van der Waals surface area contributed by atoms with Crippen molar-refractivity contribution in [3.05, 3.63) is 11.3 Å². The first-order chi connectivity index (χ1) is 9.17. The maximum Gasteiger partial charge on any atom is 0.144 e. The summed E-state index contributed by atoms with van der Waals surface area (Å²) < 4.78 is 1.85. The molecule has 5 heteroatoms. The summed E-state index contributed by atoms with van der Waals surface area (Å²) >= 11 is 0. The maximum atomic E-state index is 9.27. The van der Waals surface area contributed by atoms with Crippen molar-refractivity contribution >= 4 is 5.82 Å². The van der Waals surface area contributed by atoms with Crippen LogP contribution in [0.15, 0.2) is 0 Å². The predicted molar refractivity (Wildman–Crippen MR) is 76.1 cm³/mol. The van der Waals surface area contributed by atoms with Crippen molar-refractivity contribution in [1.29, 1.82) is 5.26 Å². The highest BCUT2D eigenvalue weighted by Gasteiger charge is 2.24. The Balaban J connectivity index is 2.04. The standard InChI is InChI=1S/C14H23N5/c1-4-16-10-12-5-7-19(8-6-12)14-13(9-15)11(2)17-18(14)3/h12,16H,4-8,10H2,1-3H3. The number of nitrogens with one attached hydrogen (secondary N) is 1. The van der Waals surface area contributed by atoms with Gasteiger partial charge in [0.2, 0.25) is 0 Å². The van der Waals surface area contributed by atoms with Crippen molar-refractivity contribution in [2.24, 2.45) is 13.0 Å². The van der Waals surface area contributed by atoms with E-state index in [0.29, 0.717) is 0 Å². The smallest absolute Gasteiger partial charge is 0.144 e. The molecule has 0 aliphatic carbocycles. The van der Waals surface area contributed by atoms with E-state index < -0.39 is 0 Å². The summed E-state index contributed by atoms with van der Waals surface area (Å²) in [5.41, 5.74) is 1.56. The molecular weight excluding hydrogens is 238 g/mol. The molecule has 0 spiro atoms. The van der Waals surface area contributed by atoms with Crippen LogP contribution in [-0.2, 0) is 7.05 Å². The Morgan fingerprint density at radius 2 is 2.11 bits per heavy atom. The molecule has 0 amide bonds. The first kappa shape index (κ1) is 13.9. The van der Waals surface area contributed by atoms with Crippen molar-refractivity contribution in [2.45, 2.75) is 26.7 Å². The van der Waals surface area contributed by atoms with Crippen molar-refractivity contribution < 1.29 is 0 Å². The fourth-order valence-electron chi connectivity index (χ4n) is 2.84. The van der Waals surface area contributed by atoms with Crippen LogP contribution >= 0.6 is 0 Å². The van der Waals surface area contributed by atoms with Gasteiger partial charge in [0, 0.05) is 20.1 Å². The van der Waals surface area contributed by atoms with Gasteiger partial charge in [0.05, 0.1) is 5.69 Å². The molecular formula is C14H23N5. The van der Waals surface area contributed by atoms with E-state index in [1.807, 2.05) is 18.7 Å². The maximum absolute atomic E-state index is 9.27. The highest BCUT2D eigenvalue weighted by Crippen LogP contribution is 2.27. The Labute approximate surface area is 115 Å². The summed E-state index contributed by atoms with van der Waals surface area (Å²) in [5.74, 6) is 1.75. The van der Waals surface area contributed by atoms with E-state index in [9.17, 15) is 5.26 Å². The highest BCUT2D eigenvalue weighted by atomic mass is 15.4. The quantitative estimate of drug-likeness (QED) is 0.890. The first-order valence-corrected chi connectivity index (χ1v) is 7.06. The van der Waals surface area contributed by atoms with Crippen molar-refractivity contribution in [3.8, 4) is 6.07 Å². The molecule has 1 fully saturated rings. The third kappa shape index (κ3) is 2.90. The molecule has 104 valence electrons. The third-order valence-corrected chi connectivity index (χ3v) is 3.90. The molecule has 0 saturated carbocycles. The zero-order valence-electron chi connectivity index (χ0n) is 12.1. The monoisotopic (exact) mass is 261 g/mol. The van der Waals surface area contributed by atoms with Gasteiger partial charge < -0.3 is 10.2 Å². The lowest BCUT2D eigenvalue weighted by molar-refractivity contribution is 0.383. The minimum absolute atomic E-state index is 0.729. The predicted octanol–water partition coefficient (Wildman–Crippen LogP) is 1.43. The number of anilines is 1. The number of piperidine rings is 1. The second kappa shape index (κ2) is 6.07. The molecule has 2 rings (SSSR count). The molecule has 0 radical (unpaired) electrons. The molecule has 19 heavy (non-hydrogen) atoms. The average Bonchev–Trinajstić information content (AvgIpc) is 2.71. The van der Waals surface area contributed by atoms with Crippen LogP contribution in [0.4, 0.5) is 5.82 Å². The molecule has 1 aromatic rings. The van der Waals surface area contributed by atoms with E-state index in [4.69, 9.17) is 0 Å². The van der Waals surface area contributed by atoms with Gasteiger partial charge in [-0.15, -0.1) is 0 Å². The van der Waals surface area contributed by atoms with Crippen LogP contribution in [0.3, 0.4) is 0 Å². The number of hydrogen-bond donors (Lipinski definition) is 1. The Morgan fingerprint density at radius 1 is 1.42 bits per heavy atom. The molecule has 1 N–H and O–H groups in total. The van der Waals surface area contributed by atoms with Crippen LogP contribution in [0.2, 0.25) is 0 Å². The summed E-state index contributed by atoms with van der Waals surface area (Å²) in [6.45, 7) is 8.24. The Morgan fingerprint density at radius 3 is 2.68 bits per heavy atom. The fourth-order valence-corrected chi connectivity index (χ4v) is 2.84. The van der Waals surface area contributed by atoms with Crippen LogP contribution < -0.4 is 10.2 Å². The van der Waals surface area contributed by atoms with Gasteiger partial charge in [-0.3, -0.25) is 4.68 Å². The topological polar surface area (TPSA) is 56.9 Å². The summed E-state index contributed by atoms with van der Waals surface area (Å²) in [5, 5.41) is 17.1. The molecule has 0 bridgehead atoms. The molecule has 1 aromatic heterocycles. The zero-order valence-corrected chi connectivity index (χ0v) is 12.1. The lowest BCUT2D eigenvalue weighted by Crippen LogP contribution is -2.38. The van der Waals surface area contributed by atoms with Crippen LogP contribution in [0.5, 0.6) is 0 Å². The van der Waals surface area contributed by atoms with Gasteiger partial charge in [-0.25, -0.2) is 0 Å². The van der Waals surface area contributed by atoms with Gasteiger partial charge in [0.25, 0.3) is 0 Å². The molecule has 1 saturated heterocycles. The fraction of sp³-hybridized carbons (Fsp3) is 0.714. The Hall–Kier alpha value is -1.54. The molecule has 0 aromatic carbocycles. The van der Waals surface area contributed by atoms with E-state index in [0.717, 1.165) is 49.2 Å². The van der Waals surface area contributed by atoms with Gasteiger partial charge in [-0.05, 0) is 38.8 Å². The molecule has 0 atom stereocenters. The lowest BCUT2D eigenvalue weighted by Gasteiger charge is -2.33. The second-order valence-electron chi connectivity index (χ2n) is 5.26. The molecule has 1 aliphatic rings. The van der Waals surface area contributed by atoms with E-state index in [-0.39, 0.29) is 0 Å². The molecule has 0 unspecified atom stereocenters. The minimum Gasteiger partial charge on any atom is -0.356 e. The Kier molecular flexibility index (Phi) is 4.43. The van der Waals surface area contributed by atoms with Crippen LogP contribution in [0.1, 0.15) is 31.0 Å². The number of aryl methyl sites for hydroxylation is 2. The summed E-state index contributed by atoms with van der Waals surface area (Å²) in [7, 11) is 1.92. The molecule has 5 nitrogen and oxygen atoms in total. The van der Waals surface area contributed by atoms with Gasteiger partial charge >= 0.3 is 0 Å². The summed E-state index contributed by atoms with van der Waals surface area (Å²) in [6, 6.07) is 2.29. The van der Waals surface area contributed by atoms with Crippen molar-refractivity contribution in [3.63, 3.8) is 0 Å². The van der Waals surface area contributed by atoms with Gasteiger partial charge in [-0.2, -0.15) is 10.4 Å². The largest absolute Gasteiger partial charge is 0.356 e. The highest BCUT2D eigenvalue weighted by molar-refractivity contribution is 5.57. The molecule has 2 heterocycles. The summed E-state index contributed by atoms with van der Waals surface area (Å²) in [4.78, 5) is 2.31. The number of nitriles is 1. The van der Waals surface area contributed by atoms with Crippen LogP contribution in [-0.4, -0.2) is 36.0 Å². The van der Waals surface area contributed by atoms with Gasteiger partial charge in [0.1, 0.15) is 17.5 Å². The van der Waals surface area contributed by atoms with E-state index in [2.05, 4.69) is 28.3 Å². The number of hydrogen-bond acceptors (Lipinski definition) is 4. The average molecular weight is 261 g/mol. The van der Waals surface area contributed by atoms with Crippen molar-refractivity contribution in [2.75, 3.05) is 31.1 Å². The zero-order chi connectivity index (χ0) is 13.8. The number of rotatable bonds is 4. The van der Waals surface area contributed by atoms with Crippen molar-refractivity contribution in [1.82, 2.24) is 15.1 Å².